The average Bonchev–Trinajstić information content (AvgIpc) is 2.65. The molecule has 2 fully saturated rings. The van der Waals surface area contributed by atoms with E-state index in [1.807, 2.05) is 0 Å². The van der Waals surface area contributed by atoms with Crippen molar-refractivity contribution in [2.75, 3.05) is 26.4 Å². The van der Waals surface area contributed by atoms with Crippen molar-refractivity contribution < 1.29 is 40.1 Å². The zero-order valence-corrected chi connectivity index (χ0v) is 14.7. The summed E-state index contributed by atoms with van der Waals surface area (Å²) in [6.07, 6.45) is -9.36. The van der Waals surface area contributed by atoms with E-state index in [0.29, 0.717) is 11.8 Å². The summed E-state index contributed by atoms with van der Waals surface area (Å²) in [5, 5.41) is 67.6. The van der Waals surface area contributed by atoms with E-state index in [2.05, 4.69) is 20.1 Å². The van der Waals surface area contributed by atoms with Crippen molar-refractivity contribution in [2.45, 2.75) is 46.4 Å². The summed E-state index contributed by atoms with van der Waals surface area (Å²) in [7, 11) is 0. The summed E-state index contributed by atoms with van der Waals surface area (Å²) in [6, 6.07) is 0. The lowest BCUT2D eigenvalue weighted by Gasteiger charge is -2.52. The third kappa shape index (κ3) is 3.68. The Bertz CT molecular complexity index is 581. The second kappa shape index (κ2) is 8.77. The molecule has 2 saturated heterocycles. The molecule has 15 heteroatoms. The molecule has 0 aromatic heterocycles. The Morgan fingerprint density at radius 2 is 1.22 bits per heavy atom. The van der Waals surface area contributed by atoms with E-state index >= 15 is 0 Å². The average molecular weight is 408 g/mol. The van der Waals surface area contributed by atoms with Gasteiger partial charge in [-0.05, 0) is 11.1 Å². The molecule has 0 saturated carbocycles. The molecule has 0 aromatic rings. The number of aliphatic hydroxyl groups excluding tert-OH is 6. The van der Waals surface area contributed by atoms with Gasteiger partial charge in [-0.3, -0.25) is 0 Å². The molecular weight excluding hydrogens is 388 g/mol. The number of ether oxygens (including phenoxy) is 2. The van der Waals surface area contributed by atoms with Crippen molar-refractivity contribution in [1.29, 1.82) is 0 Å². The van der Waals surface area contributed by atoms with Crippen molar-refractivity contribution in [2.24, 2.45) is 10.2 Å². The number of nitrogens with zero attached hydrogens (tertiary/aromatic N) is 6. The van der Waals surface area contributed by atoms with Crippen LogP contribution in [0.5, 0.6) is 0 Å². The van der Waals surface area contributed by atoms with Crippen LogP contribution < -0.4 is 0 Å². The third-order valence-corrected chi connectivity index (χ3v) is 6.38. The minimum atomic E-state index is -2.19. The SMILES string of the molecule is [N-]=[N+]=N[C@]1(S[C@@]2(N=[N+]=[N-])[C@@H](O)CO[C@H](CO)[C@@H]2O)[C@@H](O)CO[C@H](CO)[C@@H]1O. The van der Waals surface area contributed by atoms with Gasteiger partial charge < -0.3 is 40.1 Å². The summed E-state index contributed by atoms with van der Waals surface area (Å²) in [4.78, 5) is 0.858. The number of hydrogen-bond donors (Lipinski definition) is 6. The maximum absolute atomic E-state index is 10.6. The van der Waals surface area contributed by atoms with Gasteiger partial charge >= 0.3 is 0 Å². The molecule has 14 nitrogen and oxygen atoms in total. The number of thioether (sulfide) groups is 1. The van der Waals surface area contributed by atoms with Crippen LogP contribution in [0.4, 0.5) is 0 Å². The summed E-state index contributed by atoms with van der Waals surface area (Å²) in [5.74, 6) is 0. The molecule has 27 heavy (non-hydrogen) atoms. The fourth-order valence-electron chi connectivity index (χ4n) is 3.03. The predicted molar refractivity (Wildman–Crippen MR) is 89.0 cm³/mol. The predicted octanol–water partition coefficient (Wildman–Crippen LogP) is -2.04. The van der Waals surface area contributed by atoms with Crippen molar-refractivity contribution in [3.05, 3.63) is 20.9 Å². The van der Waals surface area contributed by atoms with Crippen LogP contribution in [-0.2, 0) is 9.47 Å². The van der Waals surface area contributed by atoms with Crippen LogP contribution in [0.3, 0.4) is 0 Å². The van der Waals surface area contributed by atoms with Gasteiger partial charge in [0.05, 0.1) is 26.4 Å². The molecule has 0 radical (unpaired) electrons. The van der Waals surface area contributed by atoms with Crippen LogP contribution in [0.15, 0.2) is 10.2 Å². The van der Waals surface area contributed by atoms with Gasteiger partial charge in [-0.1, -0.05) is 10.2 Å². The number of aliphatic hydroxyl groups is 6. The maximum atomic E-state index is 10.6. The third-order valence-electron chi connectivity index (χ3n) is 4.53. The van der Waals surface area contributed by atoms with E-state index in [0.717, 1.165) is 0 Å². The standard InChI is InChI=1S/C12H20N6O8S/c13-17-15-11(7(21)3-25-5(1-19)9(11)23)27-12(16-18-14)8(22)4-26-6(2-20)10(12)24/h5-10,19-24H,1-4H2/t5-,6-,7+,8+,9+,10+,11+,12+/m1/s1. The van der Waals surface area contributed by atoms with E-state index < -0.39 is 72.8 Å². The van der Waals surface area contributed by atoms with Crippen LogP contribution in [-0.4, -0.2) is 103 Å². The van der Waals surface area contributed by atoms with Crippen LogP contribution in [0.1, 0.15) is 0 Å². The highest BCUT2D eigenvalue weighted by molar-refractivity contribution is 8.02. The number of hydrogen-bond acceptors (Lipinski definition) is 11. The summed E-state index contributed by atoms with van der Waals surface area (Å²) >= 11 is 0.333. The van der Waals surface area contributed by atoms with Gasteiger partial charge in [0, 0.05) is 9.82 Å². The van der Waals surface area contributed by atoms with E-state index in [4.69, 9.17) is 20.5 Å². The smallest absolute Gasteiger partial charge is 0.152 e. The Morgan fingerprint density at radius 3 is 1.52 bits per heavy atom. The zero-order chi connectivity index (χ0) is 20.2. The lowest BCUT2D eigenvalue weighted by atomic mass is 9.96. The first-order valence-electron chi connectivity index (χ1n) is 7.82. The van der Waals surface area contributed by atoms with Crippen molar-refractivity contribution in [3.8, 4) is 0 Å². The zero-order valence-electron chi connectivity index (χ0n) is 13.9. The molecule has 0 bridgehead atoms. The summed E-state index contributed by atoms with van der Waals surface area (Å²) < 4.78 is 10.2. The van der Waals surface area contributed by atoms with Gasteiger partial charge in [-0.15, -0.1) is 11.8 Å². The topological polar surface area (TPSA) is 237 Å². The molecule has 6 N–H and O–H groups in total. The normalized spacial score (nSPS) is 44.8. The van der Waals surface area contributed by atoms with Gasteiger partial charge in [0.1, 0.15) is 36.6 Å². The molecule has 152 valence electrons. The molecule has 0 spiro atoms. The van der Waals surface area contributed by atoms with E-state index in [1.54, 1.807) is 0 Å². The van der Waals surface area contributed by atoms with E-state index in [9.17, 15) is 30.6 Å². The molecule has 0 aromatic carbocycles. The lowest BCUT2D eigenvalue weighted by Crippen LogP contribution is -2.67. The van der Waals surface area contributed by atoms with Crippen LogP contribution in [0.25, 0.3) is 20.9 Å². The Hall–Kier alpha value is -1.35. The van der Waals surface area contributed by atoms with Crippen molar-refractivity contribution in [3.63, 3.8) is 0 Å². The monoisotopic (exact) mass is 408 g/mol. The summed E-state index contributed by atoms with van der Waals surface area (Å²) in [5.41, 5.74) is 18.0. The molecule has 2 aliphatic heterocycles. The van der Waals surface area contributed by atoms with Crippen molar-refractivity contribution in [1.82, 2.24) is 0 Å². The minimum absolute atomic E-state index is 0.333. The van der Waals surface area contributed by atoms with Gasteiger partial charge in [-0.2, -0.15) is 0 Å². The highest BCUT2D eigenvalue weighted by atomic mass is 32.2. The highest BCUT2D eigenvalue weighted by Gasteiger charge is 2.61. The van der Waals surface area contributed by atoms with Gasteiger partial charge in [-0.25, -0.2) is 0 Å². The maximum Gasteiger partial charge on any atom is 0.152 e. The molecule has 0 unspecified atom stereocenters. The largest absolute Gasteiger partial charge is 0.394 e. The molecule has 2 aliphatic rings. The van der Waals surface area contributed by atoms with Crippen LogP contribution >= 0.6 is 11.8 Å². The second-order valence-corrected chi connectivity index (χ2v) is 7.53. The van der Waals surface area contributed by atoms with Crippen LogP contribution in [0, 0.1) is 0 Å². The number of azide groups is 2. The van der Waals surface area contributed by atoms with Crippen molar-refractivity contribution >= 4 is 11.8 Å². The Kier molecular flexibility index (Phi) is 7.13. The first-order valence-corrected chi connectivity index (χ1v) is 8.64. The molecule has 0 amide bonds. The first-order chi connectivity index (χ1) is 12.8. The van der Waals surface area contributed by atoms with E-state index in [-0.39, 0.29) is 0 Å². The lowest BCUT2D eigenvalue weighted by molar-refractivity contribution is -0.164. The Labute approximate surface area is 156 Å². The van der Waals surface area contributed by atoms with Gasteiger partial charge in [0.15, 0.2) is 9.74 Å². The highest BCUT2D eigenvalue weighted by Crippen LogP contribution is 2.51. The second-order valence-electron chi connectivity index (χ2n) is 6.01. The molecule has 0 aliphatic carbocycles. The quantitative estimate of drug-likeness (QED) is 0.161. The number of rotatable bonds is 6. The van der Waals surface area contributed by atoms with Gasteiger partial charge in [0.2, 0.25) is 0 Å². The molecule has 8 atom stereocenters. The molecule has 2 heterocycles. The Morgan fingerprint density at radius 1 is 0.852 bits per heavy atom. The van der Waals surface area contributed by atoms with Crippen LogP contribution in [0.2, 0.25) is 0 Å². The van der Waals surface area contributed by atoms with E-state index in [1.165, 1.54) is 0 Å². The molecular formula is C12H20N6O8S. The fourth-order valence-corrected chi connectivity index (χ4v) is 4.67. The first kappa shape index (κ1) is 21.9. The molecule has 2 rings (SSSR count). The Balaban J connectivity index is 2.58. The minimum Gasteiger partial charge on any atom is -0.394 e. The fraction of sp³-hybridized carbons (Fsp3) is 1.00. The summed E-state index contributed by atoms with van der Waals surface area (Å²) in [6.45, 7) is -2.27. The van der Waals surface area contributed by atoms with Gasteiger partial charge in [0.25, 0.3) is 0 Å².